The molecule has 2 aliphatic heterocycles. The van der Waals surface area contributed by atoms with Crippen LogP contribution in [0.4, 0.5) is 0 Å². The molecular formula is C31H40N4O8. The number of nitrogens with zero attached hydrogens (tertiary/aromatic N) is 3. The Labute approximate surface area is 250 Å². The molecule has 5 N–H and O–H groups in total. The summed E-state index contributed by atoms with van der Waals surface area (Å²) in [6.45, 7) is 1.79. The molecule has 2 aromatic rings. The maximum absolute atomic E-state index is 13.8. The summed E-state index contributed by atoms with van der Waals surface area (Å²) in [4.78, 5) is 65.9. The van der Waals surface area contributed by atoms with Gasteiger partial charge in [0.1, 0.15) is 23.9 Å². The molecule has 2 saturated heterocycles. The molecule has 0 spiro atoms. The Morgan fingerprint density at radius 3 is 1.91 bits per heavy atom. The van der Waals surface area contributed by atoms with Crippen molar-refractivity contribution in [2.24, 2.45) is 5.73 Å². The number of hydrogen-bond donors (Lipinski definition) is 4. The molecule has 0 aliphatic carbocycles. The van der Waals surface area contributed by atoms with Crippen LogP contribution >= 0.6 is 0 Å². The molecule has 12 nitrogen and oxygen atoms in total. The van der Waals surface area contributed by atoms with Crippen molar-refractivity contribution >= 4 is 29.7 Å². The lowest BCUT2D eigenvalue weighted by Gasteiger charge is -2.36. The molecule has 2 fully saturated rings. The summed E-state index contributed by atoms with van der Waals surface area (Å²) in [6.07, 6.45) is 2.53. The number of hydrogen-bond acceptors (Lipinski definition) is 7. The van der Waals surface area contributed by atoms with Crippen molar-refractivity contribution in [3.63, 3.8) is 0 Å². The number of nitrogens with two attached hydrogens (primary N) is 1. The van der Waals surface area contributed by atoms with Gasteiger partial charge in [-0.25, -0.2) is 4.79 Å². The number of carboxylic acid groups (broad SMARTS) is 2. The van der Waals surface area contributed by atoms with E-state index < -0.39 is 42.0 Å². The van der Waals surface area contributed by atoms with Crippen LogP contribution in [-0.2, 0) is 36.8 Å². The Hall–Kier alpha value is -4.45. The molecule has 4 atom stereocenters. The minimum Gasteiger partial charge on any atom is -0.508 e. The molecule has 0 aromatic heterocycles. The number of carbonyl (C=O) groups is 5. The van der Waals surface area contributed by atoms with E-state index in [1.165, 1.54) is 26.8 Å². The first kappa shape index (κ1) is 33.1. The zero-order valence-corrected chi connectivity index (χ0v) is 24.5. The molecule has 3 amide bonds. The van der Waals surface area contributed by atoms with Gasteiger partial charge in [-0.1, -0.05) is 42.5 Å². The Bertz CT molecular complexity index is 1280. The minimum atomic E-state index is -1.05. The molecule has 0 radical (unpaired) electrons. The molecule has 2 heterocycles. The maximum atomic E-state index is 13.8. The van der Waals surface area contributed by atoms with E-state index in [4.69, 9.17) is 15.6 Å². The third-order valence-corrected chi connectivity index (χ3v) is 7.72. The number of benzene rings is 2. The third kappa shape index (κ3) is 8.77. The number of likely N-dealkylation sites (N-methyl/N-ethyl adjacent to an activating group) is 1. The van der Waals surface area contributed by atoms with Gasteiger partial charge in [0.25, 0.3) is 5.97 Å². The van der Waals surface area contributed by atoms with Gasteiger partial charge >= 0.3 is 5.97 Å². The number of rotatable bonds is 9. The molecule has 2 aliphatic rings. The van der Waals surface area contributed by atoms with Crippen LogP contribution in [0.15, 0.2) is 54.6 Å². The Kier molecular flexibility index (Phi) is 11.6. The van der Waals surface area contributed by atoms with Crippen LogP contribution in [0.2, 0.25) is 0 Å². The van der Waals surface area contributed by atoms with E-state index in [-0.39, 0.29) is 30.4 Å². The quantitative estimate of drug-likeness (QED) is 0.333. The molecular weight excluding hydrogens is 556 g/mol. The van der Waals surface area contributed by atoms with Gasteiger partial charge in [0.15, 0.2) is 0 Å². The van der Waals surface area contributed by atoms with Gasteiger partial charge in [-0.2, -0.15) is 0 Å². The zero-order valence-electron chi connectivity index (χ0n) is 24.5. The number of phenols is 1. The number of aliphatic carboxylic acids is 2. The summed E-state index contributed by atoms with van der Waals surface area (Å²) in [5, 5.41) is 26.6. The van der Waals surface area contributed by atoms with Crippen LogP contribution in [0, 0.1) is 0 Å². The van der Waals surface area contributed by atoms with Gasteiger partial charge in [-0.15, -0.1) is 0 Å². The lowest BCUT2D eigenvalue weighted by atomic mass is 10.0. The highest BCUT2D eigenvalue weighted by Crippen LogP contribution is 2.25. The molecule has 2 aromatic carbocycles. The second kappa shape index (κ2) is 15.1. The monoisotopic (exact) mass is 596 g/mol. The highest BCUT2D eigenvalue weighted by atomic mass is 16.4. The molecule has 4 rings (SSSR count). The lowest BCUT2D eigenvalue weighted by molar-refractivity contribution is -0.154. The Balaban J connectivity index is 0.00000119. The number of aromatic hydroxyl groups is 1. The van der Waals surface area contributed by atoms with Crippen molar-refractivity contribution in [1.29, 1.82) is 0 Å². The first-order valence-electron chi connectivity index (χ1n) is 14.3. The van der Waals surface area contributed by atoms with Crippen LogP contribution in [0.5, 0.6) is 5.75 Å². The van der Waals surface area contributed by atoms with Crippen molar-refractivity contribution in [1.82, 2.24) is 14.7 Å². The molecule has 0 unspecified atom stereocenters. The fourth-order valence-electron chi connectivity index (χ4n) is 5.57. The van der Waals surface area contributed by atoms with Crippen molar-refractivity contribution in [2.75, 3.05) is 20.1 Å². The van der Waals surface area contributed by atoms with Crippen molar-refractivity contribution in [3.05, 3.63) is 65.7 Å². The fourth-order valence-corrected chi connectivity index (χ4v) is 5.57. The SMILES string of the molecule is CC(=O)O.CN(C(=O)[C@@H]1CCCN1C(=O)[C@@H](N)Cc1ccc(O)cc1)[C@@H](Cc1ccccc1)C(=O)N1CCC[C@@H]1C(=O)O. The first-order valence-corrected chi connectivity index (χ1v) is 14.3. The van der Waals surface area contributed by atoms with E-state index in [1.54, 1.807) is 19.2 Å². The van der Waals surface area contributed by atoms with Crippen molar-refractivity contribution in [2.45, 2.75) is 69.6 Å². The summed E-state index contributed by atoms with van der Waals surface area (Å²) in [5.41, 5.74) is 7.88. The van der Waals surface area contributed by atoms with Gasteiger partial charge < -0.3 is 35.8 Å². The predicted molar refractivity (Wildman–Crippen MR) is 157 cm³/mol. The summed E-state index contributed by atoms with van der Waals surface area (Å²) in [5.74, 6) is -2.88. The summed E-state index contributed by atoms with van der Waals surface area (Å²) in [7, 11) is 1.55. The number of amides is 3. The van der Waals surface area contributed by atoms with E-state index in [0.717, 1.165) is 18.1 Å². The second-order valence-corrected chi connectivity index (χ2v) is 10.9. The van der Waals surface area contributed by atoms with Crippen molar-refractivity contribution in [3.8, 4) is 5.75 Å². The number of carbonyl (C=O) groups excluding carboxylic acids is 3. The maximum Gasteiger partial charge on any atom is 0.326 e. The van der Waals surface area contributed by atoms with E-state index >= 15 is 0 Å². The van der Waals surface area contributed by atoms with Gasteiger partial charge in [0.05, 0.1) is 6.04 Å². The average Bonchev–Trinajstić information content (AvgIpc) is 3.66. The molecule has 0 bridgehead atoms. The largest absolute Gasteiger partial charge is 0.508 e. The van der Waals surface area contributed by atoms with E-state index in [1.807, 2.05) is 30.3 Å². The van der Waals surface area contributed by atoms with Crippen molar-refractivity contribution < 1.29 is 39.3 Å². The smallest absolute Gasteiger partial charge is 0.326 e. The fraction of sp³-hybridized carbons (Fsp3) is 0.452. The average molecular weight is 597 g/mol. The third-order valence-electron chi connectivity index (χ3n) is 7.72. The molecule has 43 heavy (non-hydrogen) atoms. The Morgan fingerprint density at radius 1 is 0.837 bits per heavy atom. The van der Waals surface area contributed by atoms with Crippen LogP contribution in [0.3, 0.4) is 0 Å². The summed E-state index contributed by atoms with van der Waals surface area (Å²) >= 11 is 0. The van der Waals surface area contributed by atoms with Crippen LogP contribution < -0.4 is 5.73 Å². The van der Waals surface area contributed by atoms with Gasteiger partial charge in [0, 0.05) is 33.5 Å². The topological polar surface area (TPSA) is 182 Å². The predicted octanol–water partition coefficient (Wildman–Crippen LogP) is 1.49. The first-order chi connectivity index (χ1) is 20.4. The number of phenolic OH excluding ortho intramolecular Hbond substituents is 1. The van der Waals surface area contributed by atoms with Crippen LogP contribution in [0.25, 0.3) is 0 Å². The Morgan fingerprint density at radius 2 is 1.35 bits per heavy atom. The highest BCUT2D eigenvalue weighted by Gasteiger charge is 2.43. The van der Waals surface area contributed by atoms with E-state index in [9.17, 15) is 29.4 Å². The minimum absolute atomic E-state index is 0.120. The number of likely N-dealkylation sites (tertiary alicyclic amines) is 2. The number of carboxylic acids is 2. The van der Waals surface area contributed by atoms with E-state index in [2.05, 4.69) is 0 Å². The molecule has 0 saturated carbocycles. The standard InChI is InChI=1S/C29H36N4O6.C2H4O2/c1-31(25(18-19-7-3-2-4-8-19)28(37)33-16-6-10-24(33)29(38)39)27(36)23-9-5-15-32(23)26(35)22(30)17-20-11-13-21(34)14-12-20;1-2(3)4/h2-4,7-8,11-14,22-25,34H,5-6,9-10,15-18,30H2,1H3,(H,38,39);1H3,(H,3,4)/t22-,23-,24+,25-;/m0./s1. The second-order valence-electron chi connectivity index (χ2n) is 10.9. The van der Waals surface area contributed by atoms with Crippen LogP contribution in [-0.4, -0.2) is 104 Å². The highest BCUT2D eigenvalue weighted by molar-refractivity contribution is 5.94. The summed E-state index contributed by atoms with van der Waals surface area (Å²) in [6, 6.07) is 12.3. The van der Waals surface area contributed by atoms with Gasteiger partial charge in [-0.3, -0.25) is 19.2 Å². The van der Waals surface area contributed by atoms with Gasteiger partial charge in [0.2, 0.25) is 17.7 Å². The molecule has 12 heteroatoms. The molecule has 232 valence electrons. The van der Waals surface area contributed by atoms with Gasteiger partial charge in [-0.05, 0) is 55.4 Å². The summed E-state index contributed by atoms with van der Waals surface area (Å²) < 4.78 is 0. The normalized spacial score (nSPS) is 19.1. The lowest BCUT2D eigenvalue weighted by Crippen LogP contribution is -2.57. The van der Waals surface area contributed by atoms with E-state index in [0.29, 0.717) is 38.8 Å². The van der Waals surface area contributed by atoms with Crippen LogP contribution in [0.1, 0.15) is 43.7 Å². The zero-order chi connectivity index (χ0) is 31.7.